The van der Waals surface area contributed by atoms with Gasteiger partial charge in [0.1, 0.15) is 18.1 Å². The van der Waals surface area contributed by atoms with Crippen molar-refractivity contribution in [2.24, 2.45) is 5.73 Å². The summed E-state index contributed by atoms with van der Waals surface area (Å²) in [4.78, 5) is 65.9. The molecule has 0 aliphatic heterocycles. The van der Waals surface area contributed by atoms with Crippen LogP contribution in [0.3, 0.4) is 0 Å². The zero-order valence-electron chi connectivity index (χ0n) is 17.0. The molecule has 0 fully saturated rings. The second-order valence-corrected chi connectivity index (χ2v) is 7.22. The SMILES string of the molecule is CC(O)C(NC(=O)C(N)CC(=O)O)C(=O)NC(Cc1cnc[nH]1)C(=O)NC(CS)C(=O)O. The summed E-state index contributed by atoms with van der Waals surface area (Å²) in [5, 5.41) is 34.5. The van der Waals surface area contributed by atoms with Crippen LogP contribution in [-0.4, -0.2) is 91.0 Å². The number of nitrogens with zero attached hydrogens (tertiary/aromatic N) is 1. The molecule has 0 saturated carbocycles. The molecule has 3 amide bonds. The molecule has 32 heavy (non-hydrogen) atoms. The van der Waals surface area contributed by atoms with Gasteiger partial charge in [0.05, 0.1) is 24.9 Å². The van der Waals surface area contributed by atoms with E-state index in [0.717, 1.165) is 0 Å². The smallest absolute Gasteiger partial charge is 0.327 e. The lowest BCUT2D eigenvalue weighted by Crippen LogP contribution is -2.60. The summed E-state index contributed by atoms with van der Waals surface area (Å²) >= 11 is 3.86. The van der Waals surface area contributed by atoms with Gasteiger partial charge in [0.2, 0.25) is 17.7 Å². The Labute approximate surface area is 187 Å². The summed E-state index contributed by atoms with van der Waals surface area (Å²) in [6, 6.07) is -5.68. The van der Waals surface area contributed by atoms with E-state index >= 15 is 0 Å². The number of aliphatic carboxylic acids is 2. The number of thiol groups is 1. The van der Waals surface area contributed by atoms with Crippen LogP contribution in [0.2, 0.25) is 0 Å². The van der Waals surface area contributed by atoms with Gasteiger partial charge in [-0.2, -0.15) is 12.6 Å². The number of aromatic nitrogens is 2. The van der Waals surface area contributed by atoms with E-state index in [4.69, 9.17) is 15.9 Å². The average molecular weight is 474 g/mol. The van der Waals surface area contributed by atoms with Crippen molar-refractivity contribution in [2.45, 2.75) is 50.0 Å². The number of nitrogens with one attached hydrogen (secondary N) is 4. The van der Waals surface area contributed by atoms with Crippen LogP contribution in [0, 0.1) is 0 Å². The van der Waals surface area contributed by atoms with E-state index in [1.807, 2.05) is 0 Å². The van der Waals surface area contributed by atoms with Crippen molar-refractivity contribution in [3.8, 4) is 0 Å². The van der Waals surface area contributed by atoms with Gasteiger partial charge < -0.3 is 42.0 Å². The van der Waals surface area contributed by atoms with Crippen LogP contribution in [0.5, 0.6) is 0 Å². The molecule has 178 valence electrons. The van der Waals surface area contributed by atoms with Crippen molar-refractivity contribution >= 4 is 42.3 Å². The predicted octanol–water partition coefficient (Wildman–Crippen LogP) is -3.40. The third kappa shape index (κ3) is 8.52. The molecule has 0 spiro atoms. The lowest BCUT2D eigenvalue weighted by molar-refractivity contribution is -0.141. The van der Waals surface area contributed by atoms with Gasteiger partial charge in [0.15, 0.2) is 0 Å². The first-order valence-electron chi connectivity index (χ1n) is 9.33. The summed E-state index contributed by atoms with van der Waals surface area (Å²) in [6.45, 7) is 1.19. The molecule has 1 rings (SSSR count). The fourth-order valence-electron chi connectivity index (χ4n) is 2.49. The second kappa shape index (κ2) is 12.6. The van der Waals surface area contributed by atoms with E-state index in [1.165, 1.54) is 19.4 Å². The number of carbonyl (C=O) groups is 5. The largest absolute Gasteiger partial charge is 0.481 e. The Hall–Kier alpha value is -3.17. The summed E-state index contributed by atoms with van der Waals surface area (Å²) in [5.41, 5.74) is 5.90. The molecular formula is C17H26N6O8S. The van der Waals surface area contributed by atoms with E-state index in [9.17, 15) is 29.1 Å². The van der Waals surface area contributed by atoms with Crippen LogP contribution < -0.4 is 21.7 Å². The molecule has 1 aromatic heterocycles. The average Bonchev–Trinajstić information content (AvgIpc) is 3.21. The molecule has 5 atom stereocenters. The van der Waals surface area contributed by atoms with Gasteiger partial charge in [-0.05, 0) is 6.92 Å². The van der Waals surface area contributed by atoms with Gasteiger partial charge >= 0.3 is 11.9 Å². The maximum absolute atomic E-state index is 12.7. The molecule has 0 aromatic carbocycles. The number of H-pyrrole nitrogens is 1. The Balaban J connectivity index is 2.99. The number of aliphatic hydroxyl groups excluding tert-OH is 1. The Morgan fingerprint density at radius 1 is 1.09 bits per heavy atom. The van der Waals surface area contributed by atoms with Crippen LogP contribution in [0.4, 0.5) is 0 Å². The van der Waals surface area contributed by atoms with Crippen LogP contribution in [0.15, 0.2) is 12.5 Å². The maximum Gasteiger partial charge on any atom is 0.327 e. The fourth-order valence-corrected chi connectivity index (χ4v) is 2.74. The lowest BCUT2D eigenvalue weighted by atomic mass is 10.1. The maximum atomic E-state index is 12.7. The number of carbonyl (C=O) groups excluding carboxylic acids is 3. The van der Waals surface area contributed by atoms with E-state index in [-0.39, 0.29) is 12.2 Å². The van der Waals surface area contributed by atoms with Gasteiger partial charge in [-0.25, -0.2) is 9.78 Å². The highest BCUT2D eigenvalue weighted by Gasteiger charge is 2.32. The van der Waals surface area contributed by atoms with Crippen molar-refractivity contribution in [1.82, 2.24) is 25.9 Å². The number of rotatable bonds is 13. The minimum Gasteiger partial charge on any atom is -0.481 e. The lowest BCUT2D eigenvalue weighted by Gasteiger charge is -2.26. The van der Waals surface area contributed by atoms with Gasteiger partial charge in [-0.3, -0.25) is 19.2 Å². The Kier molecular flexibility index (Phi) is 10.6. The first-order valence-corrected chi connectivity index (χ1v) is 9.97. The second-order valence-electron chi connectivity index (χ2n) is 6.86. The van der Waals surface area contributed by atoms with Gasteiger partial charge in [0, 0.05) is 24.1 Å². The first-order chi connectivity index (χ1) is 15.0. The molecule has 1 aromatic rings. The van der Waals surface area contributed by atoms with Crippen molar-refractivity contribution in [3.63, 3.8) is 0 Å². The number of hydrogen-bond acceptors (Lipinski definition) is 9. The highest BCUT2D eigenvalue weighted by atomic mass is 32.1. The molecular weight excluding hydrogens is 448 g/mol. The number of hydrogen-bond donors (Lipinski definition) is 9. The molecule has 15 heteroatoms. The fraction of sp³-hybridized carbons (Fsp3) is 0.529. The summed E-state index contributed by atoms with van der Waals surface area (Å²) in [6.07, 6.45) is 0.470. The summed E-state index contributed by atoms with van der Waals surface area (Å²) in [7, 11) is 0. The Bertz CT molecular complexity index is 818. The highest BCUT2D eigenvalue weighted by molar-refractivity contribution is 7.80. The zero-order valence-corrected chi connectivity index (χ0v) is 17.9. The number of carboxylic acid groups (broad SMARTS) is 2. The predicted molar refractivity (Wildman–Crippen MR) is 111 cm³/mol. The van der Waals surface area contributed by atoms with Crippen LogP contribution in [-0.2, 0) is 30.4 Å². The van der Waals surface area contributed by atoms with Gasteiger partial charge in [0.25, 0.3) is 0 Å². The standard InChI is InChI=1S/C17H26N6O8S/c1-7(24)13(23-14(27)9(18)3-12(25)26)16(29)21-10(2-8-4-19-6-20-8)15(28)22-11(5-32)17(30)31/h4,6-7,9-11,13,24,32H,2-3,5,18H2,1H3,(H,19,20)(H,21,29)(H,22,28)(H,23,27)(H,25,26)(H,30,31). The molecule has 0 aliphatic rings. The third-order valence-corrected chi connectivity index (χ3v) is 4.57. The molecule has 9 N–H and O–H groups in total. The van der Waals surface area contributed by atoms with Gasteiger partial charge in [-0.15, -0.1) is 0 Å². The zero-order chi connectivity index (χ0) is 24.4. The molecule has 0 bridgehead atoms. The quantitative estimate of drug-likeness (QED) is 0.128. The van der Waals surface area contributed by atoms with Crippen LogP contribution in [0.25, 0.3) is 0 Å². The molecule has 0 saturated heterocycles. The minimum absolute atomic E-state index is 0.116. The molecule has 1 heterocycles. The molecule has 5 unspecified atom stereocenters. The van der Waals surface area contributed by atoms with E-state index in [1.54, 1.807) is 0 Å². The number of amides is 3. The van der Waals surface area contributed by atoms with Crippen LogP contribution in [0.1, 0.15) is 19.0 Å². The number of aromatic amines is 1. The highest BCUT2D eigenvalue weighted by Crippen LogP contribution is 2.03. The van der Waals surface area contributed by atoms with Crippen molar-refractivity contribution in [2.75, 3.05) is 5.75 Å². The van der Waals surface area contributed by atoms with Crippen molar-refractivity contribution in [3.05, 3.63) is 18.2 Å². The Morgan fingerprint density at radius 3 is 2.19 bits per heavy atom. The molecule has 0 aliphatic carbocycles. The normalized spacial score (nSPS) is 15.5. The number of carboxylic acids is 2. The number of aliphatic hydroxyl groups is 1. The summed E-state index contributed by atoms with van der Waals surface area (Å²) < 4.78 is 0. The molecule has 0 radical (unpaired) electrons. The van der Waals surface area contributed by atoms with Crippen LogP contribution >= 0.6 is 12.6 Å². The summed E-state index contributed by atoms with van der Waals surface area (Å²) in [5.74, 6) is -5.70. The first kappa shape index (κ1) is 26.9. The molecule has 14 nitrogen and oxygen atoms in total. The van der Waals surface area contributed by atoms with E-state index in [2.05, 4.69) is 38.5 Å². The minimum atomic E-state index is -1.57. The number of nitrogens with two attached hydrogens (primary N) is 1. The van der Waals surface area contributed by atoms with E-state index < -0.39 is 66.4 Å². The topological polar surface area (TPSA) is 237 Å². The van der Waals surface area contributed by atoms with E-state index in [0.29, 0.717) is 5.69 Å². The van der Waals surface area contributed by atoms with Crippen molar-refractivity contribution < 1.29 is 39.3 Å². The number of imidazole rings is 1. The Morgan fingerprint density at radius 2 is 1.72 bits per heavy atom. The monoisotopic (exact) mass is 474 g/mol. The van der Waals surface area contributed by atoms with Gasteiger partial charge in [-0.1, -0.05) is 0 Å². The third-order valence-electron chi connectivity index (χ3n) is 4.20. The van der Waals surface area contributed by atoms with Crippen molar-refractivity contribution in [1.29, 1.82) is 0 Å².